The fourth-order valence-electron chi connectivity index (χ4n) is 3.88. The first-order chi connectivity index (χ1) is 15.0. The number of rotatable bonds is 7. The van der Waals surface area contributed by atoms with Crippen molar-refractivity contribution in [1.29, 1.82) is 0 Å². The van der Waals surface area contributed by atoms with Gasteiger partial charge in [-0.3, -0.25) is 4.79 Å². The molecule has 9 nitrogen and oxygen atoms in total. The Balaban J connectivity index is 1.65. The highest BCUT2D eigenvalue weighted by Gasteiger charge is 2.30. The summed E-state index contributed by atoms with van der Waals surface area (Å²) in [5.74, 6) is 0.486. The highest BCUT2D eigenvalue weighted by atomic mass is 19.1. The number of methoxy groups -OCH3 is 1. The van der Waals surface area contributed by atoms with Gasteiger partial charge in [-0.2, -0.15) is 5.10 Å². The van der Waals surface area contributed by atoms with Crippen molar-refractivity contribution in [3.8, 4) is 5.75 Å². The van der Waals surface area contributed by atoms with Crippen LogP contribution in [-0.2, 0) is 0 Å². The number of nitrogens with one attached hydrogen (secondary N) is 1. The van der Waals surface area contributed by atoms with E-state index in [9.17, 15) is 14.3 Å². The van der Waals surface area contributed by atoms with Gasteiger partial charge < -0.3 is 25.2 Å². The Bertz CT molecular complexity index is 1090. The third-order valence-electron chi connectivity index (χ3n) is 5.41. The Labute approximate surface area is 178 Å². The van der Waals surface area contributed by atoms with Crippen LogP contribution in [0.25, 0.3) is 5.65 Å². The largest absolute Gasteiger partial charge is 0.496 e. The van der Waals surface area contributed by atoms with Gasteiger partial charge in [0.25, 0.3) is 5.91 Å². The minimum Gasteiger partial charge on any atom is -0.496 e. The second-order valence-corrected chi connectivity index (χ2v) is 7.40. The number of carbonyl (C=O) groups excluding carboxylic acids is 1. The van der Waals surface area contributed by atoms with Crippen LogP contribution in [0.15, 0.2) is 36.7 Å². The van der Waals surface area contributed by atoms with E-state index in [1.165, 1.54) is 22.8 Å². The predicted molar refractivity (Wildman–Crippen MR) is 111 cm³/mol. The number of anilines is 1. The predicted octanol–water partition coefficient (Wildman–Crippen LogP) is 1.30. The number of hydrogen-bond acceptors (Lipinski definition) is 7. The number of fused-ring (bicyclic) bond motifs is 1. The number of aliphatic hydroxyl groups excluding tert-OH is 2. The van der Waals surface area contributed by atoms with Crippen molar-refractivity contribution in [3.63, 3.8) is 0 Å². The fourth-order valence-corrected chi connectivity index (χ4v) is 3.88. The molecule has 0 spiro atoms. The third kappa shape index (κ3) is 4.17. The molecule has 3 N–H and O–H groups in total. The molecule has 31 heavy (non-hydrogen) atoms. The molecule has 1 aliphatic heterocycles. The maximum Gasteiger partial charge on any atom is 0.256 e. The summed E-state index contributed by atoms with van der Waals surface area (Å²) in [6.45, 7) is 0.198. The van der Waals surface area contributed by atoms with Gasteiger partial charge >= 0.3 is 0 Å². The summed E-state index contributed by atoms with van der Waals surface area (Å²) >= 11 is 0. The van der Waals surface area contributed by atoms with Crippen LogP contribution in [0.5, 0.6) is 5.75 Å². The summed E-state index contributed by atoms with van der Waals surface area (Å²) < 4.78 is 20.9. The summed E-state index contributed by atoms with van der Waals surface area (Å²) in [5, 5.41) is 25.1. The number of hydrogen-bond donors (Lipinski definition) is 3. The lowest BCUT2D eigenvalue weighted by Crippen LogP contribution is -2.33. The van der Waals surface area contributed by atoms with Crippen molar-refractivity contribution in [1.82, 2.24) is 19.9 Å². The van der Waals surface area contributed by atoms with Crippen LogP contribution >= 0.6 is 0 Å². The second-order valence-electron chi connectivity index (χ2n) is 7.40. The minimum atomic E-state index is -1.04. The van der Waals surface area contributed by atoms with Crippen molar-refractivity contribution in [2.24, 2.45) is 0 Å². The molecular weight excluding hydrogens is 405 g/mol. The molecule has 0 aliphatic carbocycles. The lowest BCUT2D eigenvalue weighted by molar-refractivity contribution is 0.0803. The Morgan fingerprint density at radius 2 is 2.26 bits per heavy atom. The molecule has 1 saturated heterocycles. The van der Waals surface area contributed by atoms with Gasteiger partial charge in [0, 0.05) is 24.8 Å². The van der Waals surface area contributed by atoms with Crippen LogP contribution in [0.2, 0.25) is 0 Å². The van der Waals surface area contributed by atoms with E-state index in [0.717, 1.165) is 24.9 Å². The summed E-state index contributed by atoms with van der Waals surface area (Å²) in [6.07, 6.45) is 3.81. The molecule has 1 fully saturated rings. The maximum atomic E-state index is 14.0. The molecule has 1 aromatic carbocycles. The number of aliphatic hydroxyl groups is 2. The summed E-state index contributed by atoms with van der Waals surface area (Å²) in [6, 6.07) is 6.18. The molecule has 2 unspecified atom stereocenters. The zero-order valence-corrected chi connectivity index (χ0v) is 17.0. The molecule has 3 aromatic rings. The molecule has 10 heteroatoms. The highest BCUT2D eigenvalue weighted by Crippen LogP contribution is 2.39. The average molecular weight is 429 g/mol. The van der Waals surface area contributed by atoms with E-state index in [-0.39, 0.29) is 24.0 Å². The SMILES string of the molecule is COc1ccc(F)cc1C1CCCN1c1ccn2ncc(C(=O)NCC(O)CO)c2n1. The molecule has 2 aromatic heterocycles. The van der Waals surface area contributed by atoms with Crippen molar-refractivity contribution >= 4 is 17.4 Å². The van der Waals surface area contributed by atoms with Crippen molar-refractivity contribution in [3.05, 3.63) is 53.6 Å². The Kier molecular flexibility index (Phi) is 6.01. The number of amides is 1. The zero-order chi connectivity index (χ0) is 22.0. The first kappa shape index (κ1) is 21.0. The van der Waals surface area contributed by atoms with E-state index in [2.05, 4.69) is 20.3 Å². The van der Waals surface area contributed by atoms with Crippen molar-refractivity contribution in [2.45, 2.75) is 25.0 Å². The standard InChI is InChI=1S/C21H24FN5O4/c1-31-18-5-4-13(22)9-15(18)17-3-2-7-26(17)19-6-8-27-20(25-19)16(11-24-27)21(30)23-10-14(29)12-28/h4-6,8-9,11,14,17,28-29H,2-3,7,10,12H2,1H3,(H,23,30). The van der Waals surface area contributed by atoms with Gasteiger partial charge in [-0.05, 0) is 37.1 Å². The van der Waals surface area contributed by atoms with Crippen LogP contribution < -0.4 is 15.0 Å². The van der Waals surface area contributed by atoms with Gasteiger partial charge in [0.15, 0.2) is 5.65 Å². The molecule has 0 radical (unpaired) electrons. The van der Waals surface area contributed by atoms with Crippen LogP contribution in [-0.4, -0.2) is 63.6 Å². The summed E-state index contributed by atoms with van der Waals surface area (Å²) in [7, 11) is 1.56. The van der Waals surface area contributed by atoms with Gasteiger partial charge in [0.1, 0.15) is 22.9 Å². The van der Waals surface area contributed by atoms with Crippen LogP contribution in [0.4, 0.5) is 10.2 Å². The molecular formula is C21H24FN5O4. The zero-order valence-electron chi connectivity index (χ0n) is 17.0. The molecule has 1 aliphatic rings. The van der Waals surface area contributed by atoms with E-state index in [4.69, 9.17) is 9.84 Å². The quantitative estimate of drug-likeness (QED) is 0.519. The first-order valence-corrected chi connectivity index (χ1v) is 10.0. The smallest absolute Gasteiger partial charge is 0.256 e. The van der Waals surface area contributed by atoms with E-state index < -0.39 is 18.6 Å². The monoisotopic (exact) mass is 429 g/mol. The molecule has 0 saturated carbocycles. The number of aromatic nitrogens is 3. The topological polar surface area (TPSA) is 112 Å². The van der Waals surface area contributed by atoms with Crippen molar-refractivity contribution in [2.75, 3.05) is 31.7 Å². The lowest BCUT2D eigenvalue weighted by Gasteiger charge is -2.27. The van der Waals surface area contributed by atoms with Gasteiger partial charge in [-0.25, -0.2) is 13.9 Å². The van der Waals surface area contributed by atoms with Crippen LogP contribution in [0.1, 0.15) is 34.8 Å². The molecule has 1 amide bonds. The maximum absolute atomic E-state index is 14.0. The number of benzene rings is 1. The van der Waals surface area contributed by atoms with E-state index in [1.807, 2.05) is 0 Å². The second kappa shape index (κ2) is 8.86. The van der Waals surface area contributed by atoms with E-state index >= 15 is 0 Å². The van der Waals surface area contributed by atoms with E-state index in [1.54, 1.807) is 25.4 Å². The third-order valence-corrected chi connectivity index (χ3v) is 5.41. The number of halogens is 1. The molecule has 4 rings (SSSR count). The number of ether oxygens (including phenoxy) is 1. The van der Waals surface area contributed by atoms with Gasteiger partial charge in [0.2, 0.25) is 0 Å². The Morgan fingerprint density at radius 3 is 3.03 bits per heavy atom. The van der Waals surface area contributed by atoms with Crippen LogP contribution in [0, 0.1) is 5.82 Å². The van der Waals surface area contributed by atoms with Gasteiger partial charge in [-0.1, -0.05) is 0 Å². The average Bonchev–Trinajstić information content (AvgIpc) is 3.43. The van der Waals surface area contributed by atoms with Gasteiger partial charge in [-0.15, -0.1) is 0 Å². The number of carbonyl (C=O) groups is 1. The minimum absolute atomic E-state index is 0.0834. The Hall–Kier alpha value is -3.24. The summed E-state index contributed by atoms with van der Waals surface area (Å²) in [4.78, 5) is 19.2. The van der Waals surface area contributed by atoms with E-state index in [0.29, 0.717) is 17.2 Å². The van der Waals surface area contributed by atoms with Gasteiger partial charge in [0.05, 0.1) is 32.1 Å². The normalized spacial score (nSPS) is 17.2. The molecule has 3 heterocycles. The first-order valence-electron chi connectivity index (χ1n) is 10.0. The van der Waals surface area contributed by atoms with Crippen molar-refractivity contribution < 1.29 is 24.1 Å². The molecule has 2 atom stereocenters. The Morgan fingerprint density at radius 1 is 1.42 bits per heavy atom. The highest BCUT2D eigenvalue weighted by molar-refractivity contribution is 5.99. The molecule has 0 bridgehead atoms. The fraction of sp³-hybridized carbons (Fsp3) is 0.381. The number of nitrogens with zero attached hydrogens (tertiary/aromatic N) is 4. The lowest BCUT2D eigenvalue weighted by atomic mass is 10.0. The van der Waals surface area contributed by atoms with Crippen LogP contribution in [0.3, 0.4) is 0 Å². The summed E-state index contributed by atoms with van der Waals surface area (Å²) in [5.41, 5.74) is 1.38. The molecule has 164 valence electrons.